The van der Waals surface area contributed by atoms with Crippen molar-refractivity contribution >= 4 is 5.78 Å². The van der Waals surface area contributed by atoms with Gasteiger partial charge in [-0.05, 0) is 26.1 Å². The number of likely N-dealkylation sites (tertiary alicyclic amines) is 1. The summed E-state index contributed by atoms with van der Waals surface area (Å²) in [6.07, 6.45) is 1.76. The standard InChI is InChI=1S/C12H16N2O2/c1-9(15)11-4-3-5-14(12(11)16)8-10-6-13(2)7-10/h3-5,10H,6-8H2,1-2H3. The number of nitrogens with zero attached hydrogens (tertiary/aromatic N) is 2. The molecule has 4 nitrogen and oxygen atoms in total. The Balaban J connectivity index is 2.18. The van der Waals surface area contributed by atoms with Gasteiger partial charge in [-0.25, -0.2) is 0 Å². The molecule has 2 heterocycles. The average Bonchev–Trinajstić information content (AvgIpc) is 2.18. The van der Waals surface area contributed by atoms with Gasteiger partial charge in [0.1, 0.15) is 0 Å². The van der Waals surface area contributed by atoms with Crippen LogP contribution in [-0.2, 0) is 6.54 Å². The fraction of sp³-hybridized carbons (Fsp3) is 0.500. The fourth-order valence-electron chi connectivity index (χ4n) is 2.17. The topological polar surface area (TPSA) is 42.3 Å². The number of ketones is 1. The smallest absolute Gasteiger partial charge is 0.261 e. The summed E-state index contributed by atoms with van der Waals surface area (Å²) in [5.74, 6) is 0.370. The zero-order valence-corrected chi connectivity index (χ0v) is 9.64. The molecule has 1 saturated heterocycles. The molecule has 0 spiro atoms. The molecule has 1 fully saturated rings. The summed E-state index contributed by atoms with van der Waals surface area (Å²) in [7, 11) is 2.06. The molecule has 0 amide bonds. The molecule has 0 atom stereocenters. The minimum atomic E-state index is -0.162. The zero-order valence-electron chi connectivity index (χ0n) is 9.64. The lowest BCUT2D eigenvalue weighted by atomic mass is 10.0. The van der Waals surface area contributed by atoms with Gasteiger partial charge in [0.15, 0.2) is 5.78 Å². The molecule has 16 heavy (non-hydrogen) atoms. The molecular formula is C12H16N2O2. The number of carbonyl (C=O) groups excluding carboxylic acids is 1. The number of rotatable bonds is 3. The molecule has 0 aromatic carbocycles. The maximum absolute atomic E-state index is 11.9. The van der Waals surface area contributed by atoms with Gasteiger partial charge in [0.2, 0.25) is 0 Å². The predicted octanol–water partition coefficient (Wildman–Crippen LogP) is 0.613. The molecule has 1 aromatic rings. The Kier molecular flexibility index (Phi) is 2.92. The highest BCUT2D eigenvalue weighted by Crippen LogP contribution is 2.14. The molecule has 0 N–H and O–H groups in total. The molecule has 2 rings (SSSR count). The van der Waals surface area contributed by atoms with Crippen molar-refractivity contribution in [2.24, 2.45) is 5.92 Å². The van der Waals surface area contributed by atoms with E-state index < -0.39 is 0 Å². The van der Waals surface area contributed by atoms with Gasteiger partial charge < -0.3 is 9.47 Å². The maximum Gasteiger partial charge on any atom is 0.261 e. The van der Waals surface area contributed by atoms with Crippen LogP contribution < -0.4 is 5.56 Å². The van der Waals surface area contributed by atoms with Gasteiger partial charge in [0.05, 0.1) is 5.56 Å². The maximum atomic E-state index is 11.9. The third-order valence-corrected chi connectivity index (χ3v) is 2.99. The SMILES string of the molecule is CC(=O)c1cccn(CC2CN(C)C2)c1=O. The molecule has 86 valence electrons. The Bertz CT molecular complexity index is 458. The number of hydrogen-bond acceptors (Lipinski definition) is 3. The minimum absolute atomic E-state index is 0.162. The van der Waals surface area contributed by atoms with Crippen molar-refractivity contribution < 1.29 is 4.79 Å². The number of pyridine rings is 1. The van der Waals surface area contributed by atoms with Crippen LogP contribution in [0.5, 0.6) is 0 Å². The lowest BCUT2D eigenvalue weighted by molar-refractivity contribution is 0.101. The largest absolute Gasteiger partial charge is 0.315 e. The Morgan fingerprint density at radius 2 is 2.19 bits per heavy atom. The number of carbonyl (C=O) groups is 1. The minimum Gasteiger partial charge on any atom is -0.315 e. The van der Waals surface area contributed by atoms with Crippen LogP contribution in [0.25, 0.3) is 0 Å². The lowest BCUT2D eigenvalue weighted by Crippen LogP contribution is -2.46. The van der Waals surface area contributed by atoms with Gasteiger partial charge in [-0.2, -0.15) is 0 Å². The molecule has 0 bridgehead atoms. The van der Waals surface area contributed by atoms with E-state index in [2.05, 4.69) is 11.9 Å². The van der Waals surface area contributed by atoms with Gasteiger partial charge in [-0.3, -0.25) is 9.59 Å². The Hall–Kier alpha value is -1.42. The van der Waals surface area contributed by atoms with Gasteiger partial charge >= 0.3 is 0 Å². The van der Waals surface area contributed by atoms with E-state index >= 15 is 0 Å². The van der Waals surface area contributed by atoms with Crippen molar-refractivity contribution in [3.05, 3.63) is 34.2 Å². The first-order valence-corrected chi connectivity index (χ1v) is 5.47. The summed E-state index contributed by atoms with van der Waals surface area (Å²) in [4.78, 5) is 25.3. The summed E-state index contributed by atoms with van der Waals surface area (Å²) in [6, 6.07) is 3.36. The Morgan fingerprint density at radius 3 is 2.75 bits per heavy atom. The number of Topliss-reactive ketones (excluding diaryl/α,β-unsaturated/α-hetero) is 1. The second kappa shape index (κ2) is 4.22. The predicted molar refractivity (Wildman–Crippen MR) is 61.7 cm³/mol. The summed E-state index contributed by atoms with van der Waals surface area (Å²) >= 11 is 0. The molecule has 1 aromatic heterocycles. The van der Waals surface area contributed by atoms with Crippen molar-refractivity contribution in [2.75, 3.05) is 20.1 Å². The van der Waals surface area contributed by atoms with E-state index in [1.807, 2.05) is 0 Å². The van der Waals surface area contributed by atoms with E-state index in [0.29, 0.717) is 12.5 Å². The van der Waals surface area contributed by atoms with Gasteiger partial charge in [-0.15, -0.1) is 0 Å². The molecule has 0 saturated carbocycles. The van der Waals surface area contributed by atoms with E-state index in [-0.39, 0.29) is 16.9 Å². The molecule has 0 unspecified atom stereocenters. The second-order valence-electron chi connectivity index (χ2n) is 4.52. The highest BCUT2D eigenvalue weighted by molar-refractivity contribution is 5.93. The Morgan fingerprint density at radius 1 is 1.50 bits per heavy atom. The summed E-state index contributed by atoms with van der Waals surface area (Å²) < 4.78 is 1.65. The monoisotopic (exact) mass is 220 g/mol. The van der Waals surface area contributed by atoms with Crippen molar-refractivity contribution in [1.29, 1.82) is 0 Å². The van der Waals surface area contributed by atoms with E-state index in [1.54, 1.807) is 22.9 Å². The van der Waals surface area contributed by atoms with Crippen molar-refractivity contribution in [3.8, 4) is 0 Å². The first-order valence-electron chi connectivity index (χ1n) is 5.47. The van der Waals surface area contributed by atoms with Crippen molar-refractivity contribution in [2.45, 2.75) is 13.5 Å². The zero-order chi connectivity index (χ0) is 11.7. The van der Waals surface area contributed by atoms with Crippen LogP contribution in [-0.4, -0.2) is 35.4 Å². The Labute approximate surface area is 94.5 Å². The highest BCUT2D eigenvalue weighted by Gasteiger charge is 2.23. The van der Waals surface area contributed by atoms with Crippen LogP contribution in [0, 0.1) is 5.92 Å². The third-order valence-electron chi connectivity index (χ3n) is 2.99. The first kappa shape index (κ1) is 11.1. The normalized spacial score (nSPS) is 17.1. The molecule has 1 aliphatic heterocycles. The number of aromatic nitrogens is 1. The van der Waals surface area contributed by atoms with E-state index in [0.717, 1.165) is 13.1 Å². The quantitative estimate of drug-likeness (QED) is 0.701. The second-order valence-corrected chi connectivity index (χ2v) is 4.52. The van der Waals surface area contributed by atoms with Crippen LogP contribution in [0.15, 0.2) is 23.1 Å². The van der Waals surface area contributed by atoms with Crippen LogP contribution in [0.4, 0.5) is 0 Å². The molecule has 4 heteroatoms. The summed E-state index contributed by atoms with van der Waals surface area (Å²) in [6.45, 7) is 4.19. The van der Waals surface area contributed by atoms with Crippen LogP contribution in [0.2, 0.25) is 0 Å². The third kappa shape index (κ3) is 2.07. The van der Waals surface area contributed by atoms with Gasteiger partial charge in [0, 0.05) is 31.7 Å². The highest BCUT2D eigenvalue weighted by atomic mass is 16.1. The molecule has 0 aliphatic carbocycles. The lowest BCUT2D eigenvalue weighted by Gasteiger charge is -2.36. The van der Waals surface area contributed by atoms with Crippen LogP contribution in [0.3, 0.4) is 0 Å². The van der Waals surface area contributed by atoms with E-state index in [4.69, 9.17) is 0 Å². The van der Waals surface area contributed by atoms with Crippen LogP contribution in [0.1, 0.15) is 17.3 Å². The van der Waals surface area contributed by atoms with Gasteiger partial charge in [0.25, 0.3) is 5.56 Å². The summed E-state index contributed by atoms with van der Waals surface area (Å²) in [5.41, 5.74) is 0.125. The van der Waals surface area contributed by atoms with Crippen molar-refractivity contribution in [3.63, 3.8) is 0 Å². The number of hydrogen-bond donors (Lipinski definition) is 0. The van der Waals surface area contributed by atoms with E-state index in [9.17, 15) is 9.59 Å². The van der Waals surface area contributed by atoms with Gasteiger partial charge in [-0.1, -0.05) is 0 Å². The fourth-order valence-corrected chi connectivity index (χ4v) is 2.17. The first-order chi connectivity index (χ1) is 7.58. The van der Waals surface area contributed by atoms with Crippen LogP contribution >= 0.6 is 0 Å². The molecule has 1 aliphatic rings. The molecule has 0 radical (unpaired) electrons. The van der Waals surface area contributed by atoms with Crippen molar-refractivity contribution in [1.82, 2.24) is 9.47 Å². The summed E-state index contributed by atoms with van der Waals surface area (Å²) in [5, 5.41) is 0. The molecular weight excluding hydrogens is 204 g/mol. The van der Waals surface area contributed by atoms with E-state index in [1.165, 1.54) is 6.92 Å². The average molecular weight is 220 g/mol.